The fourth-order valence-electron chi connectivity index (χ4n) is 2.39. The highest BCUT2D eigenvalue weighted by Gasteiger charge is 2.19. The Morgan fingerprint density at radius 3 is 2.94 bits per heavy atom. The van der Waals surface area contributed by atoms with Gasteiger partial charge in [0.2, 0.25) is 0 Å². The number of nitrogens with one attached hydrogen (secondary N) is 1. The molecular formula is C15H25N3. The van der Waals surface area contributed by atoms with E-state index in [4.69, 9.17) is 0 Å². The largest absolute Gasteiger partial charge is 0.311 e. The Morgan fingerprint density at radius 2 is 2.33 bits per heavy atom. The molecule has 1 aliphatic rings. The fourth-order valence-corrected chi connectivity index (χ4v) is 2.39. The van der Waals surface area contributed by atoms with E-state index < -0.39 is 0 Å². The summed E-state index contributed by atoms with van der Waals surface area (Å²) in [6.07, 6.45) is 8.08. The van der Waals surface area contributed by atoms with Gasteiger partial charge < -0.3 is 10.2 Å². The van der Waals surface area contributed by atoms with Gasteiger partial charge in [-0.3, -0.25) is 4.98 Å². The van der Waals surface area contributed by atoms with Crippen LogP contribution < -0.4 is 5.32 Å². The molecule has 0 unspecified atom stereocenters. The molecule has 1 N–H and O–H groups in total. The molecule has 0 amide bonds. The quantitative estimate of drug-likeness (QED) is 0.714. The first kappa shape index (κ1) is 13.5. The van der Waals surface area contributed by atoms with E-state index in [0.29, 0.717) is 0 Å². The van der Waals surface area contributed by atoms with Crippen molar-refractivity contribution < 1.29 is 0 Å². The molecule has 3 heteroatoms. The Morgan fingerprint density at radius 1 is 1.44 bits per heavy atom. The van der Waals surface area contributed by atoms with Crippen LogP contribution in [0.25, 0.3) is 0 Å². The molecule has 0 aliphatic heterocycles. The van der Waals surface area contributed by atoms with Gasteiger partial charge in [0.25, 0.3) is 0 Å². The third-order valence-corrected chi connectivity index (χ3v) is 3.85. The van der Waals surface area contributed by atoms with Crippen LogP contribution in [0.1, 0.15) is 31.7 Å². The maximum atomic E-state index is 4.12. The molecule has 0 spiro atoms. The maximum absolute atomic E-state index is 4.12. The molecule has 0 radical (unpaired) electrons. The van der Waals surface area contributed by atoms with Crippen molar-refractivity contribution in [2.45, 2.75) is 32.7 Å². The van der Waals surface area contributed by atoms with E-state index in [0.717, 1.165) is 25.6 Å². The van der Waals surface area contributed by atoms with Crippen LogP contribution in [0.15, 0.2) is 24.5 Å². The summed E-state index contributed by atoms with van der Waals surface area (Å²) in [5.41, 5.74) is 1.26. The highest BCUT2D eigenvalue weighted by Crippen LogP contribution is 2.26. The molecule has 1 heterocycles. The molecule has 2 rings (SSSR count). The lowest BCUT2D eigenvalue weighted by Crippen LogP contribution is -2.37. The number of hydrogen-bond donors (Lipinski definition) is 1. The van der Waals surface area contributed by atoms with Crippen molar-refractivity contribution in [2.75, 3.05) is 26.2 Å². The molecule has 0 aromatic carbocycles. The first-order valence-electron chi connectivity index (χ1n) is 7.20. The number of likely N-dealkylation sites (N-methyl/N-ethyl adjacent to an activating group) is 1. The lowest BCUT2D eigenvalue weighted by molar-refractivity contribution is 0.184. The Labute approximate surface area is 111 Å². The molecule has 3 nitrogen and oxygen atoms in total. The molecule has 1 fully saturated rings. The van der Waals surface area contributed by atoms with E-state index in [-0.39, 0.29) is 0 Å². The van der Waals surface area contributed by atoms with Gasteiger partial charge in [-0.25, -0.2) is 0 Å². The number of hydrogen-bond acceptors (Lipinski definition) is 3. The molecular weight excluding hydrogens is 222 g/mol. The highest BCUT2D eigenvalue weighted by atomic mass is 15.1. The molecule has 1 aromatic rings. The predicted octanol–water partition coefficient (Wildman–Crippen LogP) is 2.29. The summed E-state index contributed by atoms with van der Waals surface area (Å²) in [7, 11) is 0. The van der Waals surface area contributed by atoms with Crippen molar-refractivity contribution >= 4 is 0 Å². The summed E-state index contributed by atoms with van der Waals surface area (Å²) in [4.78, 5) is 6.69. The minimum absolute atomic E-state index is 0.925. The van der Waals surface area contributed by atoms with Gasteiger partial charge in [-0.05, 0) is 36.9 Å². The average Bonchev–Trinajstić information content (AvgIpc) is 2.37. The van der Waals surface area contributed by atoms with Crippen molar-refractivity contribution in [1.29, 1.82) is 0 Å². The number of aromatic nitrogens is 1. The summed E-state index contributed by atoms with van der Waals surface area (Å²) in [5.74, 6) is 0.975. The van der Waals surface area contributed by atoms with Gasteiger partial charge in [0.1, 0.15) is 0 Å². The van der Waals surface area contributed by atoms with E-state index in [9.17, 15) is 0 Å². The van der Waals surface area contributed by atoms with Gasteiger partial charge >= 0.3 is 0 Å². The van der Waals surface area contributed by atoms with Crippen LogP contribution in [0.4, 0.5) is 0 Å². The smallest absolute Gasteiger partial charge is 0.0312 e. The standard InChI is InChI=1S/C15H25N3/c1-2-18(13-14-5-3-6-14)10-9-17-12-15-7-4-8-16-11-15/h4,7-8,11,14,17H,2-3,5-6,9-10,12-13H2,1H3. The molecule has 100 valence electrons. The second-order valence-corrected chi connectivity index (χ2v) is 5.23. The lowest BCUT2D eigenvalue weighted by Gasteiger charge is -2.31. The number of pyridine rings is 1. The van der Waals surface area contributed by atoms with Crippen LogP contribution in [0.5, 0.6) is 0 Å². The second kappa shape index (κ2) is 7.49. The normalized spacial score (nSPS) is 15.9. The van der Waals surface area contributed by atoms with Crippen molar-refractivity contribution in [3.05, 3.63) is 30.1 Å². The zero-order valence-corrected chi connectivity index (χ0v) is 11.4. The van der Waals surface area contributed by atoms with Gasteiger partial charge in [-0.2, -0.15) is 0 Å². The minimum Gasteiger partial charge on any atom is -0.311 e. The Balaban J connectivity index is 1.58. The van der Waals surface area contributed by atoms with Crippen LogP contribution in [0, 0.1) is 5.92 Å². The van der Waals surface area contributed by atoms with Crippen LogP contribution in [-0.4, -0.2) is 36.1 Å². The highest BCUT2D eigenvalue weighted by molar-refractivity contribution is 5.07. The second-order valence-electron chi connectivity index (χ2n) is 5.23. The summed E-state index contributed by atoms with van der Waals surface area (Å²) in [6, 6.07) is 4.11. The van der Waals surface area contributed by atoms with Crippen LogP contribution >= 0.6 is 0 Å². The number of nitrogens with zero attached hydrogens (tertiary/aromatic N) is 2. The van der Waals surface area contributed by atoms with Gasteiger partial charge in [0, 0.05) is 38.6 Å². The van der Waals surface area contributed by atoms with Crippen LogP contribution in [0.3, 0.4) is 0 Å². The van der Waals surface area contributed by atoms with E-state index in [1.165, 1.54) is 37.9 Å². The summed E-state index contributed by atoms with van der Waals surface area (Å²) in [6.45, 7) is 7.88. The maximum Gasteiger partial charge on any atom is 0.0312 e. The van der Waals surface area contributed by atoms with Gasteiger partial charge in [-0.15, -0.1) is 0 Å². The monoisotopic (exact) mass is 247 g/mol. The summed E-state index contributed by atoms with van der Waals surface area (Å²) >= 11 is 0. The fraction of sp³-hybridized carbons (Fsp3) is 0.667. The molecule has 1 aliphatic carbocycles. The molecule has 1 saturated carbocycles. The topological polar surface area (TPSA) is 28.2 Å². The summed E-state index contributed by atoms with van der Waals surface area (Å²) < 4.78 is 0. The van der Waals surface area contributed by atoms with Crippen molar-refractivity contribution in [3.8, 4) is 0 Å². The Bertz CT molecular complexity index is 322. The lowest BCUT2D eigenvalue weighted by atomic mass is 9.85. The SMILES string of the molecule is CCN(CCNCc1cccnc1)CC1CCC1. The van der Waals surface area contributed by atoms with Crippen molar-refractivity contribution in [2.24, 2.45) is 5.92 Å². The Hall–Kier alpha value is -0.930. The zero-order valence-electron chi connectivity index (χ0n) is 11.4. The van der Waals surface area contributed by atoms with E-state index in [2.05, 4.69) is 28.2 Å². The van der Waals surface area contributed by atoms with E-state index in [1.807, 2.05) is 18.5 Å². The zero-order chi connectivity index (χ0) is 12.6. The number of rotatable bonds is 8. The average molecular weight is 247 g/mol. The predicted molar refractivity (Wildman–Crippen MR) is 75.4 cm³/mol. The van der Waals surface area contributed by atoms with Crippen LogP contribution in [-0.2, 0) is 6.54 Å². The third kappa shape index (κ3) is 4.39. The molecule has 18 heavy (non-hydrogen) atoms. The van der Waals surface area contributed by atoms with Crippen LogP contribution in [0.2, 0.25) is 0 Å². The molecule has 0 bridgehead atoms. The van der Waals surface area contributed by atoms with E-state index >= 15 is 0 Å². The first-order chi connectivity index (χ1) is 8.88. The van der Waals surface area contributed by atoms with Crippen molar-refractivity contribution in [1.82, 2.24) is 15.2 Å². The van der Waals surface area contributed by atoms with Gasteiger partial charge in [0.05, 0.1) is 0 Å². The van der Waals surface area contributed by atoms with Gasteiger partial charge in [0.15, 0.2) is 0 Å². The first-order valence-corrected chi connectivity index (χ1v) is 7.20. The molecule has 0 saturated heterocycles. The van der Waals surface area contributed by atoms with E-state index in [1.54, 1.807) is 0 Å². The van der Waals surface area contributed by atoms with Gasteiger partial charge in [-0.1, -0.05) is 19.4 Å². The third-order valence-electron chi connectivity index (χ3n) is 3.85. The summed E-state index contributed by atoms with van der Waals surface area (Å²) in [5, 5.41) is 3.49. The minimum atomic E-state index is 0.925. The Kier molecular flexibility index (Phi) is 5.62. The van der Waals surface area contributed by atoms with Crippen molar-refractivity contribution in [3.63, 3.8) is 0 Å². The molecule has 1 aromatic heterocycles. The molecule has 0 atom stereocenters.